The minimum atomic E-state index is -0.617. The van der Waals surface area contributed by atoms with Gasteiger partial charge >= 0.3 is 12.0 Å². The number of imidazole rings is 1. The van der Waals surface area contributed by atoms with Crippen LogP contribution in [0.4, 0.5) is 4.79 Å². The second kappa shape index (κ2) is 8.41. The summed E-state index contributed by atoms with van der Waals surface area (Å²) in [6, 6.07) is 7.10. The number of benzene rings is 1. The Morgan fingerprint density at radius 1 is 1.37 bits per heavy atom. The Kier molecular flexibility index (Phi) is 5.98. The van der Waals surface area contributed by atoms with Gasteiger partial charge in [-0.05, 0) is 37.3 Å². The first kappa shape index (κ1) is 19.2. The number of nitrogens with zero attached hydrogens (tertiary/aromatic N) is 2. The van der Waals surface area contributed by atoms with Crippen molar-refractivity contribution in [2.45, 2.75) is 45.1 Å². The Labute approximate surface area is 159 Å². The lowest BCUT2D eigenvalue weighted by atomic mass is 9.97. The molecule has 2 aromatic rings. The van der Waals surface area contributed by atoms with Gasteiger partial charge in [0.1, 0.15) is 11.9 Å². The van der Waals surface area contributed by atoms with Crippen LogP contribution < -0.4 is 5.32 Å². The van der Waals surface area contributed by atoms with Gasteiger partial charge in [0.2, 0.25) is 0 Å². The summed E-state index contributed by atoms with van der Waals surface area (Å²) in [4.78, 5) is 34.6. The lowest BCUT2D eigenvalue weighted by Crippen LogP contribution is -2.51. The zero-order valence-electron chi connectivity index (χ0n) is 16.2. The Hall–Kier alpha value is -2.57. The second-order valence-electron chi connectivity index (χ2n) is 7.58. The summed E-state index contributed by atoms with van der Waals surface area (Å²) in [6.07, 6.45) is 2.44. The number of H-pyrrole nitrogens is 1. The van der Waals surface area contributed by atoms with E-state index in [0.717, 1.165) is 29.7 Å². The fourth-order valence-corrected chi connectivity index (χ4v) is 3.62. The molecule has 7 heteroatoms. The van der Waals surface area contributed by atoms with Gasteiger partial charge in [0.15, 0.2) is 0 Å². The monoisotopic (exact) mass is 372 g/mol. The number of likely N-dealkylation sites (tertiary alicyclic amines) is 1. The number of methoxy groups -OCH3 is 1. The molecule has 1 aliphatic heterocycles. The molecule has 1 fully saturated rings. The molecule has 27 heavy (non-hydrogen) atoms. The highest BCUT2D eigenvalue weighted by Crippen LogP contribution is 2.26. The zero-order valence-corrected chi connectivity index (χ0v) is 16.2. The summed E-state index contributed by atoms with van der Waals surface area (Å²) >= 11 is 0. The van der Waals surface area contributed by atoms with Crippen LogP contribution in [-0.2, 0) is 9.53 Å². The van der Waals surface area contributed by atoms with Gasteiger partial charge in [-0.25, -0.2) is 14.6 Å². The molecule has 0 saturated carbocycles. The number of amides is 2. The number of rotatable bonds is 5. The van der Waals surface area contributed by atoms with Crippen molar-refractivity contribution in [1.29, 1.82) is 0 Å². The van der Waals surface area contributed by atoms with E-state index in [4.69, 9.17) is 4.74 Å². The Bertz CT molecular complexity index is 768. The standard InChI is InChI=1S/C20H28N4O3/c1-13(2)11-17(19(25)27-3)23-20(26)24-10-6-7-14(12-24)18-21-15-8-4-5-9-16(15)22-18/h4-5,8-9,13-14,17H,6-7,10-12H2,1-3H3,(H,21,22)(H,23,26)/t14?,17-/m0/s1. The third-order valence-corrected chi connectivity index (χ3v) is 4.99. The minimum absolute atomic E-state index is 0.165. The Morgan fingerprint density at radius 3 is 2.85 bits per heavy atom. The number of aromatic amines is 1. The SMILES string of the molecule is COC(=O)[C@H](CC(C)C)NC(=O)N1CCCC(c2nc3ccccc3[nH]2)C1. The highest BCUT2D eigenvalue weighted by atomic mass is 16.5. The van der Waals surface area contributed by atoms with Crippen molar-refractivity contribution in [1.82, 2.24) is 20.2 Å². The molecular weight excluding hydrogens is 344 g/mol. The largest absolute Gasteiger partial charge is 0.467 e. The van der Waals surface area contributed by atoms with Crippen molar-refractivity contribution in [2.75, 3.05) is 20.2 Å². The molecule has 7 nitrogen and oxygen atoms in total. The fraction of sp³-hybridized carbons (Fsp3) is 0.550. The zero-order chi connectivity index (χ0) is 19.4. The molecule has 0 spiro atoms. The molecule has 0 radical (unpaired) electrons. The van der Waals surface area contributed by atoms with Crippen LogP contribution in [-0.4, -0.2) is 53.1 Å². The van der Waals surface area contributed by atoms with E-state index < -0.39 is 12.0 Å². The predicted molar refractivity (Wildman–Crippen MR) is 103 cm³/mol. The lowest BCUT2D eigenvalue weighted by Gasteiger charge is -2.33. The van der Waals surface area contributed by atoms with Gasteiger partial charge in [-0.15, -0.1) is 0 Å². The van der Waals surface area contributed by atoms with Crippen LogP contribution in [0.15, 0.2) is 24.3 Å². The van der Waals surface area contributed by atoms with Crippen LogP contribution in [0.3, 0.4) is 0 Å². The number of carbonyl (C=O) groups is 2. The molecule has 1 aliphatic rings. The highest BCUT2D eigenvalue weighted by molar-refractivity contribution is 5.83. The van der Waals surface area contributed by atoms with Crippen LogP contribution in [0.1, 0.15) is 44.9 Å². The topological polar surface area (TPSA) is 87.3 Å². The van der Waals surface area contributed by atoms with Crippen LogP contribution in [0.2, 0.25) is 0 Å². The molecule has 146 valence electrons. The molecule has 2 N–H and O–H groups in total. The van der Waals surface area contributed by atoms with Gasteiger partial charge in [0, 0.05) is 19.0 Å². The number of esters is 1. The molecule has 0 aliphatic carbocycles. The number of nitrogens with one attached hydrogen (secondary N) is 2. The molecule has 1 aromatic heterocycles. The first-order chi connectivity index (χ1) is 13.0. The van der Waals surface area contributed by atoms with Crippen LogP contribution in [0, 0.1) is 5.92 Å². The quantitative estimate of drug-likeness (QED) is 0.790. The van der Waals surface area contributed by atoms with E-state index in [9.17, 15) is 9.59 Å². The number of ether oxygens (including phenoxy) is 1. The van der Waals surface area contributed by atoms with Gasteiger partial charge in [-0.1, -0.05) is 26.0 Å². The normalized spacial score (nSPS) is 18.5. The average molecular weight is 372 g/mol. The molecule has 3 rings (SSSR count). The third kappa shape index (κ3) is 4.59. The highest BCUT2D eigenvalue weighted by Gasteiger charge is 2.30. The first-order valence-electron chi connectivity index (χ1n) is 9.55. The van der Waals surface area contributed by atoms with Crippen molar-refractivity contribution < 1.29 is 14.3 Å². The Morgan fingerprint density at radius 2 is 2.15 bits per heavy atom. The summed E-state index contributed by atoms with van der Waals surface area (Å²) in [7, 11) is 1.35. The van der Waals surface area contributed by atoms with Crippen molar-refractivity contribution >= 4 is 23.0 Å². The summed E-state index contributed by atoms with van der Waals surface area (Å²) in [5.41, 5.74) is 1.95. The molecule has 1 unspecified atom stereocenters. The van der Waals surface area contributed by atoms with Gasteiger partial charge in [-0.2, -0.15) is 0 Å². The van der Waals surface area contributed by atoms with E-state index in [1.54, 1.807) is 4.90 Å². The number of piperidine rings is 1. The van der Waals surface area contributed by atoms with Crippen LogP contribution >= 0.6 is 0 Å². The van der Waals surface area contributed by atoms with Crippen LogP contribution in [0.25, 0.3) is 11.0 Å². The predicted octanol–water partition coefficient (Wildman–Crippen LogP) is 3.04. The molecular formula is C20H28N4O3. The summed E-state index contributed by atoms with van der Waals surface area (Å²) in [5, 5.41) is 2.85. The minimum Gasteiger partial charge on any atom is -0.467 e. The molecule has 2 heterocycles. The molecule has 1 saturated heterocycles. The molecule has 0 bridgehead atoms. The van der Waals surface area contributed by atoms with Gasteiger partial charge < -0.3 is 19.9 Å². The van der Waals surface area contributed by atoms with Crippen molar-refractivity contribution in [3.05, 3.63) is 30.1 Å². The molecule has 2 amide bonds. The van der Waals surface area contributed by atoms with Crippen molar-refractivity contribution in [3.8, 4) is 0 Å². The maximum absolute atomic E-state index is 12.7. The van der Waals surface area contributed by atoms with E-state index in [0.29, 0.717) is 19.5 Å². The number of fused-ring (bicyclic) bond motifs is 1. The van der Waals surface area contributed by atoms with Gasteiger partial charge in [0.05, 0.1) is 18.1 Å². The smallest absolute Gasteiger partial charge is 0.328 e. The maximum Gasteiger partial charge on any atom is 0.328 e. The van der Waals surface area contributed by atoms with Crippen molar-refractivity contribution in [3.63, 3.8) is 0 Å². The number of hydrogen-bond acceptors (Lipinski definition) is 4. The summed E-state index contributed by atoms with van der Waals surface area (Å²) in [5.74, 6) is 0.959. The van der Waals surface area contributed by atoms with E-state index in [-0.39, 0.29) is 17.9 Å². The number of hydrogen-bond donors (Lipinski definition) is 2. The van der Waals surface area contributed by atoms with Gasteiger partial charge in [0.25, 0.3) is 0 Å². The van der Waals surface area contributed by atoms with Crippen LogP contribution in [0.5, 0.6) is 0 Å². The molecule has 2 atom stereocenters. The number of para-hydroxylation sites is 2. The second-order valence-corrected chi connectivity index (χ2v) is 7.58. The van der Waals surface area contributed by atoms with Crippen molar-refractivity contribution in [2.24, 2.45) is 5.92 Å². The summed E-state index contributed by atoms with van der Waals surface area (Å²) < 4.78 is 4.84. The van der Waals surface area contributed by atoms with E-state index in [2.05, 4.69) is 15.3 Å². The summed E-state index contributed by atoms with van der Waals surface area (Å²) in [6.45, 7) is 5.29. The fourth-order valence-electron chi connectivity index (χ4n) is 3.62. The maximum atomic E-state index is 12.7. The van der Waals surface area contributed by atoms with E-state index in [1.807, 2.05) is 38.1 Å². The number of urea groups is 1. The number of aromatic nitrogens is 2. The van der Waals surface area contributed by atoms with E-state index >= 15 is 0 Å². The lowest BCUT2D eigenvalue weighted by molar-refractivity contribution is -0.143. The van der Waals surface area contributed by atoms with E-state index in [1.165, 1.54) is 7.11 Å². The first-order valence-corrected chi connectivity index (χ1v) is 9.55. The number of carbonyl (C=O) groups excluding carboxylic acids is 2. The average Bonchev–Trinajstić information content (AvgIpc) is 3.11. The Balaban J connectivity index is 1.67. The molecule has 1 aromatic carbocycles. The third-order valence-electron chi connectivity index (χ3n) is 4.99. The van der Waals surface area contributed by atoms with Gasteiger partial charge in [-0.3, -0.25) is 0 Å².